The molecule has 1 N–H and O–H groups in total. The van der Waals surface area contributed by atoms with Gasteiger partial charge in [-0.25, -0.2) is 0 Å². The molecule has 3 aromatic rings. The summed E-state index contributed by atoms with van der Waals surface area (Å²) in [4.78, 5) is 26.7. The fourth-order valence-electron chi connectivity index (χ4n) is 2.18. The Morgan fingerprint density at radius 2 is 1.75 bits per heavy atom. The molecule has 2 aromatic carbocycles. The van der Waals surface area contributed by atoms with E-state index in [1.165, 1.54) is 6.92 Å². The average Bonchev–Trinajstić information content (AvgIpc) is 2.38. The van der Waals surface area contributed by atoms with Gasteiger partial charge in [-0.05, 0) is 24.3 Å². The summed E-state index contributed by atoms with van der Waals surface area (Å²) in [5.74, 6) is -0.155. The van der Waals surface area contributed by atoms with Crippen LogP contribution in [-0.4, -0.2) is 40.5 Å². The Labute approximate surface area is 137 Å². The van der Waals surface area contributed by atoms with Crippen LogP contribution < -0.4 is 10.2 Å². The topological polar surface area (TPSA) is 59.2 Å². The van der Waals surface area contributed by atoms with E-state index in [-0.39, 0.29) is 40.7 Å². The number of nitrogens with one attached hydrogen (secondary N) is 1. The van der Waals surface area contributed by atoms with E-state index in [0.29, 0.717) is 16.3 Å². The standard InChI is InChI=1S/C15H11NO3.Na.H/c1-9(17)19-13-8-4-7-12-14(13)15(18)10-5-2-3-6-11(10)16-12;;/h2-8H,1H3,(H,16,18);;. The Morgan fingerprint density at radius 3 is 2.50 bits per heavy atom. The number of carbonyl (C=O) groups excluding carboxylic acids is 1. The van der Waals surface area contributed by atoms with Crippen LogP contribution in [0.15, 0.2) is 47.3 Å². The van der Waals surface area contributed by atoms with Crippen LogP contribution in [0.25, 0.3) is 21.8 Å². The van der Waals surface area contributed by atoms with Crippen molar-refractivity contribution in [2.75, 3.05) is 0 Å². The van der Waals surface area contributed by atoms with E-state index in [1.807, 2.05) is 12.1 Å². The quantitative estimate of drug-likeness (QED) is 0.320. The third-order valence-electron chi connectivity index (χ3n) is 2.95. The Kier molecular flexibility index (Phi) is 4.28. The molecule has 0 saturated heterocycles. The van der Waals surface area contributed by atoms with Crippen LogP contribution in [0, 0.1) is 0 Å². The van der Waals surface area contributed by atoms with Crippen LogP contribution in [-0.2, 0) is 4.79 Å². The van der Waals surface area contributed by atoms with E-state index < -0.39 is 5.97 Å². The zero-order chi connectivity index (χ0) is 13.4. The SMILES string of the molecule is CC(=O)Oc1cccc2[nH]c3ccccc3c(=O)c12.[NaH]. The molecule has 0 aliphatic carbocycles. The second kappa shape index (κ2) is 5.79. The summed E-state index contributed by atoms with van der Waals surface area (Å²) in [5, 5.41) is 0.978. The average molecular weight is 277 g/mol. The Hall–Kier alpha value is -1.62. The van der Waals surface area contributed by atoms with Crippen LogP contribution in [0.4, 0.5) is 0 Å². The van der Waals surface area contributed by atoms with Crippen LogP contribution in [0.2, 0.25) is 0 Å². The monoisotopic (exact) mass is 277 g/mol. The molecule has 3 rings (SSSR count). The third kappa shape index (κ3) is 2.50. The predicted octanol–water partition coefficient (Wildman–Crippen LogP) is 1.96. The molecule has 0 bridgehead atoms. The first kappa shape index (κ1) is 14.8. The Morgan fingerprint density at radius 1 is 1.05 bits per heavy atom. The number of aromatic nitrogens is 1. The van der Waals surface area contributed by atoms with Gasteiger partial charge in [-0.3, -0.25) is 9.59 Å². The number of aromatic amines is 1. The number of fused-ring (bicyclic) bond motifs is 2. The fourth-order valence-corrected chi connectivity index (χ4v) is 2.18. The maximum absolute atomic E-state index is 12.5. The molecule has 0 aliphatic rings. The molecule has 96 valence electrons. The summed E-state index contributed by atoms with van der Waals surface area (Å²) < 4.78 is 5.10. The second-order valence-corrected chi connectivity index (χ2v) is 4.27. The summed E-state index contributed by atoms with van der Waals surface area (Å²) in [6.45, 7) is 1.31. The van der Waals surface area contributed by atoms with Gasteiger partial charge in [0.2, 0.25) is 5.43 Å². The van der Waals surface area contributed by atoms with Crippen molar-refractivity contribution < 1.29 is 9.53 Å². The molecule has 0 saturated carbocycles. The van der Waals surface area contributed by atoms with Gasteiger partial charge < -0.3 is 9.72 Å². The molecular weight excluding hydrogens is 265 g/mol. The first-order valence-electron chi connectivity index (χ1n) is 5.89. The minimum absolute atomic E-state index is 0. The summed E-state index contributed by atoms with van der Waals surface area (Å²) in [5.41, 5.74) is 1.28. The van der Waals surface area contributed by atoms with E-state index >= 15 is 0 Å². The summed E-state index contributed by atoms with van der Waals surface area (Å²) in [6.07, 6.45) is 0. The first-order valence-corrected chi connectivity index (χ1v) is 5.89. The van der Waals surface area contributed by atoms with Crippen molar-refractivity contribution >= 4 is 57.3 Å². The zero-order valence-electron chi connectivity index (χ0n) is 10.3. The molecule has 0 amide bonds. The van der Waals surface area contributed by atoms with Crippen molar-refractivity contribution in [3.05, 3.63) is 52.7 Å². The number of para-hydroxylation sites is 1. The number of benzene rings is 2. The number of esters is 1. The Balaban J connectivity index is 0.00000147. The van der Waals surface area contributed by atoms with E-state index in [9.17, 15) is 9.59 Å². The number of ether oxygens (including phenoxy) is 1. The van der Waals surface area contributed by atoms with Crippen molar-refractivity contribution in [2.45, 2.75) is 6.92 Å². The molecule has 1 aromatic heterocycles. The minimum atomic E-state index is -0.444. The molecule has 0 atom stereocenters. The van der Waals surface area contributed by atoms with Crippen LogP contribution in [0.3, 0.4) is 0 Å². The summed E-state index contributed by atoms with van der Waals surface area (Å²) in [7, 11) is 0. The van der Waals surface area contributed by atoms with Gasteiger partial charge in [0, 0.05) is 17.8 Å². The normalized spacial score (nSPS) is 10.2. The van der Waals surface area contributed by atoms with Gasteiger partial charge in [0.1, 0.15) is 5.75 Å². The fraction of sp³-hybridized carbons (Fsp3) is 0.0667. The summed E-state index contributed by atoms with van der Waals surface area (Å²) in [6, 6.07) is 12.4. The van der Waals surface area contributed by atoms with Gasteiger partial charge in [-0.1, -0.05) is 18.2 Å². The van der Waals surface area contributed by atoms with Crippen molar-refractivity contribution in [3.63, 3.8) is 0 Å². The number of carbonyl (C=O) groups is 1. The Bertz CT molecular complexity index is 854. The van der Waals surface area contributed by atoms with Crippen molar-refractivity contribution in [1.29, 1.82) is 0 Å². The van der Waals surface area contributed by atoms with Gasteiger partial charge in [0.05, 0.1) is 10.9 Å². The number of H-pyrrole nitrogens is 1. The van der Waals surface area contributed by atoms with Crippen LogP contribution >= 0.6 is 0 Å². The van der Waals surface area contributed by atoms with E-state index in [2.05, 4.69) is 4.98 Å². The second-order valence-electron chi connectivity index (χ2n) is 4.27. The van der Waals surface area contributed by atoms with Gasteiger partial charge in [-0.15, -0.1) is 0 Å². The molecule has 1 heterocycles. The number of hydrogen-bond acceptors (Lipinski definition) is 3. The first-order chi connectivity index (χ1) is 9.16. The number of rotatable bonds is 1. The molecule has 4 nitrogen and oxygen atoms in total. The molecule has 0 radical (unpaired) electrons. The van der Waals surface area contributed by atoms with Crippen molar-refractivity contribution in [3.8, 4) is 5.75 Å². The molecule has 0 fully saturated rings. The molecular formula is C15H12NNaO3. The van der Waals surface area contributed by atoms with Crippen molar-refractivity contribution in [2.24, 2.45) is 0 Å². The number of pyridine rings is 1. The summed E-state index contributed by atoms with van der Waals surface area (Å²) >= 11 is 0. The van der Waals surface area contributed by atoms with Gasteiger partial charge in [-0.2, -0.15) is 0 Å². The molecule has 20 heavy (non-hydrogen) atoms. The molecule has 0 aliphatic heterocycles. The molecule has 0 spiro atoms. The van der Waals surface area contributed by atoms with E-state index in [0.717, 1.165) is 5.52 Å². The van der Waals surface area contributed by atoms with Crippen LogP contribution in [0.1, 0.15) is 6.92 Å². The van der Waals surface area contributed by atoms with E-state index in [1.54, 1.807) is 30.3 Å². The van der Waals surface area contributed by atoms with Gasteiger partial charge in [0.25, 0.3) is 0 Å². The maximum atomic E-state index is 12.5. The number of hydrogen-bond donors (Lipinski definition) is 1. The van der Waals surface area contributed by atoms with Crippen molar-refractivity contribution in [1.82, 2.24) is 4.98 Å². The van der Waals surface area contributed by atoms with Gasteiger partial charge >= 0.3 is 35.5 Å². The zero-order valence-corrected chi connectivity index (χ0v) is 10.3. The third-order valence-corrected chi connectivity index (χ3v) is 2.95. The molecule has 5 heteroatoms. The van der Waals surface area contributed by atoms with Gasteiger partial charge in [0.15, 0.2) is 0 Å². The molecule has 0 unspecified atom stereocenters. The van der Waals surface area contributed by atoms with Crippen LogP contribution in [0.5, 0.6) is 5.75 Å². The van der Waals surface area contributed by atoms with E-state index in [4.69, 9.17) is 4.74 Å². The predicted molar refractivity (Wildman–Crippen MR) is 80.5 cm³/mol.